The SMILES string of the molecule is CCCCNC(=O)NC(=O)C(C)Cl. The van der Waals surface area contributed by atoms with Gasteiger partial charge in [-0.25, -0.2) is 4.79 Å². The van der Waals surface area contributed by atoms with E-state index in [0.717, 1.165) is 12.8 Å². The Morgan fingerprint density at radius 2 is 2.08 bits per heavy atom. The zero-order valence-electron chi connectivity index (χ0n) is 7.89. The Morgan fingerprint density at radius 3 is 2.54 bits per heavy atom. The molecular formula is C8H15ClN2O2. The largest absolute Gasteiger partial charge is 0.338 e. The number of hydrogen-bond acceptors (Lipinski definition) is 2. The van der Waals surface area contributed by atoms with E-state index < -0.39 is 17.3 Å². The molecule has 0 aliphatic rings. The molecule has 1 atom stereocenters. The van der Waals surface area contributed by atoms with Gasteiger partial charge in [-0.2, -0.15) is 0 Å². The smallest absolute Gasteiger partial charge is 0.321 e. The summed E-state index contributed by atoms with van der Waals surface area (Å²) >= 11 is 5.44. The molecule has 0 bridgehead atoms. The van der Waals surface area contributed by atoms with Crippen LogP contribution in [-0.2, 0) is 4.79 Å². The molecule has 0 radical (unpaired) electrons. The van der Waals surface area contributed by atoms with E-state index in [4.69, 9.17) is 11.6 Å². The van der Waals surface area contributed by atoms with Crippen LogP contribution in [0, 0.1) is 0 Å². The Kier molecular flexibility index (Phi) is 6.32. The van der Waals surface area contributed by atoms with E-state index >= 15 is 0 Å². The highest BCUT2D eigenvalue weighted by Gasteiger charge is 2.11. The predicted octanol–water partition coefficient (Wildman–Crippen LogP) is 1.24. The van der Waals surface area contributed by atoms with Crippen LogP contribution in [0.3, 0.4) is 0 Å². The van der Waals surface area contributed by atoms with E-state index in [2.05, 4.69) is 10.6 Å². The number of carbonyl (C=O) groups is 2. The Labute approximate surface area is 83.0 Å². The van der Waals surface area contributed by atoms with Gasteiger partial charge in [0.15, 0.2) is 0 Å². The first-order chi connectivity index (χ1) is 6.07. The first kappa shape index (κ1) is 12.2. The van der Waals surface area contributed by atoms with Gasteiger partial charge in [-0.05, 0) is 13.3 Å². The van der Waals surface area contributed by atoms with Gasteiger partial charge in [-0.1, -0.05) is 13.3 Å². The van der Waals surface area contributed by atoms with Crippen LogP contribution in [0.25, 0.3) is 0 Å². The van der Waals surface area contributed by atoms with Crippen molar-refractivity contribution in [2.45, 2.75) is 32.1 Å². The number of amides is 3. The molecule has 0 saturated heterocycles. The third kappa shape index (κ3) is 6.40. The second-order valence-electron chi connectivity index (χ2n) is 2.71. The first-order valence-electron chi connectivity index (χ1n) is 4.30. The van der Waals surface area contributed by atoms with E-state index in [0.29, 0.717) is 6.54 Å². The molecule has 76 valence electrons. The van der Waals surface area contributed by atoms with E-state index in [-0.39, 0.29) is 0 Å². The third-order valence-corrected chi connectivity index (χ3v) is 1.61. The molecule has 4 nitrogen and oxygen atoms in total. The third-order valence-electron chi connectivity index (χ3n) is 1.41. The van der Waals surface area contributed by atoms with E-state index in [1.165, 1.54) is 6.92 Å². The number of imide groups is 1. The Bertz CT molecular complexity index is 183. The minimum atomic E-state index is -0.683. The van der Waals surface area contributed by atoms with Crippen molar-refractivity contribution in [2.75, 3.05) is 6.54 Å². The molecule has 0 rings (SSSR count). The molecule has 2 N–H and O–H groups in total. The van der Waals surface area contributed by atoms with Crippen molar-refractivity contribution in [3.8, 4) is 0 Å². The fraction of sp³-hybridized carbons (Fsp3) is 0.750. The van der Waals surface area contributed by atoms with Crippen molar-refractivity contribution in [1.82, 2.24) is 10.6 Å². The van der Waals surface area contributed by atoms with Crippen LogP contribution in [0.1, 0.15) is 26.7 Å². The van der Waals surface area contributed by atoms with Gasteiger partial charge in [0.2, 0.25) is 5.91 Å². The van der Waals surface area contributed by atoms with E-state index in [1.54, 1.807) is 0 Å². The van der Waals surface area contributed by atoms with Crippen molar-refractivity contribution in [3.05, 3.63) is 0 Å². The van der Waals surface area contributed by atoms with Crippen molar-refractivity contribution in [2.24, 2.45) is 0 Å². The average molecular weight is 207 g/mol. The number of alkyl halides is 1. The second-order valence-corrected chi connectivity index (χ2v) is 3.37. The summed E-state index contributed by atoms with van der Waals surface area (Å²) < 4.78 is 0. The topological polar surface area (TPSA) is 58.2 Å². The van der Waals surface area contributed by atoms with Gasteiger partial charge in [-0.3, -0.25) is 10.1 Å². The monoisotopic (exact) mass is 206 g/mol. The molecule has 0 saturated carbocycles. The molecule has 5 heteroatoms. The maximum Gasteiger partial charge on any atom is 0.321 e. The normalized spacial score (nSPS) is 11.9. The quantitative estimate of drug-likeness (QED) is 0.537. The summed E-state index contributed by atoms with van der Waals surface area (Å²) in [6.45, 7) is 4.11. The minimum Gasteiger partial charge on any atom is -0.338 e. The second kappa shape index (κ2) is 6.71. The zero-order valence-corrected chi connectivity index (χ0v) is 8.65. The van der Waals surface area contributed by atoms with Gasteiger partial charge in [0.1, 0.15) is 5.38 Å². The van der Waals surface area contributed by atoms with Gasteiger partial charge >= 0.3 is 6.03 Å². The summed E-state index contributed by atoms with van der Waals surface area (Å²) in [5, 5.41) is 3.97. The van der Waals surface area contributed by atoms with Crippen molar-refractivity contribution in [3.63, 3.8) is 0 Å². The molecule has 0 aromatic rings. The first-order valence-corrected chi connectivity index (χ1v) is 4.74. The highest BCUT2D eigenvalue weighted by Crippen LogP contribution is 1.91. The number of halogens is 1. The molecule has 0 aliphatic carbocycles. The molecule has 1 unspecified atom stereocenters. The lowest BCUT2D eigenvalue weighted by molar-refractivity contribution is -0.119. The minimum absolute atomic E-state index is 0.476. The fourth-order valence-electron chi connectivity index (χ4n) is 0.634. The Balaban J connectivity index is 3.56. The van der Waals surface area contributed by atoms with Crippen LogP contribution in [0.2, 0.25) is 0 Å². The standard InChI is InChI=1S/C8H15ClN2O2/c1-3-4-5-10-8(13)11-7(12)6(2)9/h6H,3-5H2,1-2H3,(H2,10,11,12,13). The van der Waals surface area contributed by atoms with Crippen molar-refractivity contribution in [1.29, 1.82) is 0 Å². The molecule has 13 heavy (non-hydrogen) atoms. The van der Waals surface area contributed by atoms with Crippen molar-refractivity contribution < 1.29 is 9.59 Å². The molecule has 0 aliphatic heterocycles. The number of carbonyl (C=O) groups excluding carboxylic acids is 2. The number of unbranched alkanes of at least 4 members (excludes halogenated alkanes) is 1. The highest BCUT2D eigenvalue weighted by atomic mass is 35.5. The van der Waals surface area contributed by atoms with Gasteiger partial charge in [0.05, 0.1) is 0 Å². The lowest BCUT2D eigenvalue weighted by atomic mass is 10.3. The van der Waals surface area contributed by atoms with Crippen LogP contribution < -0.4 is 10.6 Å². The summed E-state index contributed by atoms with van der Waals surface area (Å²) in [5.41, 5.74) is 0. The van der Waals surface area contributed by atoms with Crippen LogP contribution >= 0.6 is 11.6 Å². The molecule has 0 aromatic heterocycles. The summed E-state index contributed by atoms with van der Waals surface area (Å²) in [5.74, 6) is -0.476. The summed E-state index contributed by atoms with van der Waals surface area (Å²) in [6.07, 6.45) is 1.90. The predicted molar refractivity (Wildman–Crippen MR) is 51.8 cm³/mol. The zero-order chi connectivity index (χ0) is 10.3. The Hall–Kier alpha value is -0.770. The maximum absolute atomic E-state index is 10.9. The number of urea groups is 1. The van der Waals surface area contributed by atoms with Gasteiger partial charge in [0, 0.05) is 6.54 Å². The van der Waals surface area contributed by atoms with E-state index in [1.807, 2.05) is 6.92 Å². The molecule has 0 spiro atoms. The van der Waals surface area contributed by atoms with Gasteiger partial charge in [0.25, 0.3) is 0 Å². The number of rotatable bonds is 4. The molecule has 0 aromatic carbocycles. The summed E-state index contributed by atoms with van der Waals surface area (Å²) in [6, 6.07) is -0.481. The lowest BCUT2D eigenvalue weighted by Crippen LogP contribution is -2.42. The maximum atomic E-state index is 10.9. The number of nitrogens with one attached hydrogen (secondary N) is 2. The van der Waals surface area contributed by atoms with Crippen LogP contribution in [0.15, 0.2) is 0 Å². The molecule has 0 heterocycles. The molecule has 3 amide bonds. The molecular weight excluding hydrogens is 192 g/mol. The van der Waals surface area contributed by atoms with E-state index in [9.17, 15) is 9.59 Å². The van der Waals surface area contributed by atoms with Crippen molar-refractivity contribution >= 4 is 23.5 Å². The highest BCUT2D eigenvalue weighted by molar-refractivity contribution is 6.31. The fourth-order valence-corrected chi connectivity index (χ4v) is 0.689. The van der Waals surface area contributed by atoms with Gasteiger partial charge in [-0.15, -0.1) is 11.6 Å². The van der Waals surface area contributed by atoms with Crippen LogP contribution in [-0.4, -0.2) is 23.9 Å². The lowest BCUT2D eigenvalue weighted by Gasteiger charge is -2.06. The van der Waals surface area contributed by atoms with Crippen LogP contribution in [0.5, 0.6) is 0 Å². The summed E-state index contributed by atoms with van der Waals surface area (Å²) in [4.78, 5) is 21.8. The number of hydrogen-bond donors (Lipinski definition) is 2. The van der Waals surface area contributed by atoms with Gasteiger partial charge < -0.3 is 5.32 Å². The molecule has 0 fully saturated rings. The van der Waals surface area contributed by atoms with Crippen LogP contribution in [0.4, 0.5) is 4.79 Å². The Morgan fingerprint density at radius 1 is 1.46 bits per heavy atom. The average Bonchev–Trinajstić information content (AvgIpc) is 2.04. The summed E-state index contributed by atoms with van der Waals surface area (Å²) in [7, 11) is 0.